The van der Waals surface area contributed by atoms with Crippen molar-refractivity contribution in [3.05, 3.63) is 39.2 Å². The number of rotatable bonds is 4. The molecule has 1 heterocycles. The summed E-state index contributed by atoms with van der Waals surface area (Å²) in [6.45, 7) is 10.1. The second-order valence-corrected chi connectivity index (χ2v) is 11.3. The topological polar surface area (TPSA) is 94.8 Å². The number of nitrogens with one attached hydrogen (secondary N) is 1. The van der Waals surface area contributed by atoms with Crippen molar-refractivity contribution in [1.82, 2.24) is 5.32 Å². The Morgan fingerprint density at radius 1 is 1.09 bits per heavy atom. The lowest BCUT2D eigenvalue weighted by Gasteiger charge is -2.28. The van der Waals surface area contributed by atoms with Crippen molar-refractivity contribution in [1.29, 1.82) is 0 Å². The molecule has 1 aromatic carbocycles. The Morgan fingerprint density at radius 2 is 1.80 bits per heavy atom. The monoisotopic (exact) mass is 483 g/mol. The third-order valence-electron chi connectivity index (χ3n) is 7.25. The average Bonchev–Trinajstić information content (AvgIpc) is 2.79. The van der Waals surface area contributed by atoms with Crippen LogP contribution in [0.3, 0.4) is 0 Å². The van der Waals surface area contributed by atoms with Gasteiger partial charge >= 0.3 is 17.7 Å². The Labute approximate surface area is 206 Å². The van der Waals surface area contributed by atoms with Crippen molar-refractivity contribution in [2.75, 3.05) is 6.54 Å². The molecule has 1 aromatic heterocycles. The first-order valence-corrected chi connectivity index (χ1v) is 12.8. The maximum absolute atomic E-state index is 12.9. The molecule has 35 heavy (non-hydrogen) atoms. The van der Waals surface area contributed by atoms with E-state index in [0.29, 0.717) is 48.1 Å². The normalized spacial score (nSPS) is 22.4. The Balaban J connectivity index is 1.38. The summed E-state index contributed by atoms with van der Waals surface area (Å²) in [5, 5.41) is 3.78. The Morgan fingerprint density at radius 3 is 2.49 bits per heavy atom. The number of hydrogen-bond acceptors (Lipinski definition) is 6. The zero-order chi connectivity index (χ0) is 25.3. The lowest BCUT2D eigenvalue weighted by Crippen LogP contribution is -2.36. The van der Waals surface area contributed by atoms with Gasteiger partial charge in [-0.2, -0.15) is 0 Å². The number of benzene rings is 1. The molecular formula is C28H37NO6. The van der Waals surface area contributed by atoms with Crippen molar-refractivity contribution < 1.29 is 23.5 Å². The molecule has 2 aliphatic carbocycles. The van der Waals surface area contributed by atoms with Crippen molar-refractivity contribution in [3.63, 3.8) is 0 Å². The summed E-state index contributed by atoms with van der Waals surface area (Å²) in [6, 6.07) is 3.75. The number of ether oxygens (including phenoxy) is 2. The van der Waals surface area contributed by atoms with Gasteiger partial charge in [-0.1, -0.05) is 6.92 Å². The van der Waals surface area contributed by atoms with Crippen LogP contribution in [0.1, 0.15) is 76.5 Å². The molecule has 0 saturated heterocycles. The molecule has 0 bridgehead atoms. The highest BCUT2D eigenvalue weighted by atomic mass is 16.6. The minimum absolute atomic E-state index is 0.181. The number of fused-ring (bicyclic) bond motifs is 3. The van der Waals surface area contributed by atoms with E-state index in [9.17, 15) is 14.4 Å². The number of amides is 1. The first-order valence-electron chi connectivity index (χ1n) is 12.8. The van der Waals surface area contributed by atoms with Crippen molar-refractivity contribution in [3.8, 4) is 5.75 Å². The van der Waals surface area contributed by atoms with Gasteiger partial charge in [-0.05, 0) is 102 Å². The highest BCUT2D eigenvalue weighted by Crippen LogP contribution is 2.35. The molecule has 190 valence electrons. The van der Waals surface area contributed by atoms with E-state index in [1.807, 2.05) is 39.8 Å². The van der Waals surface area contributed by atoms with Gasteiger partial charge in [0.25, 0.3) is 0 Å². The van der Waals surface area contributed by atoms with E-state index in [1.54, 1.807) is 0 Å². The van der Waals surface area contributed by atoms with Gasteiger partial charge in [0, 0.05) is 23.1 Å². The number of hydrogen-bond donors (Lipinski definition) is 1. The average molecular weight is 484 g/mol. The fourth-order valence-electron chi connectivity index (χ4n) is 5.26. The maximum atomic E-state index is 12.9. The predicted octanol–water partition coefficient (Wildman–Crippen LogP) is 5.46. The van der Waals surface area contributed by atoms with Crippen LogP contribution in [0.5, 0.6) is 5.75 Å². The summed E-state index contributed by atoms with van der Waals surface area (Å²) in [7, 11) is 0. The number of carbonyl (C=O) groups is 2. The summed E-state index contributed by atoms with van der Waals surface area (Å²) in [5.41, 5.74) is 2.28. The number of aryl methyl sites for hydroxylation is 1. The molecule has 0 spiro atoms. The summed E-state index contributed by atoms with van der Waals surface area (Å²) < 4.78 is 16.8. The fourth-order valence-corrected chi connectivity index (χ4v) is 5.26. The van der Waals surface area contributed by atoms with Crippen LogP contribution < -0.4 is 15.7 Å². The minimum Gasteiger partial charge on any atom is -0.444 e. The third kappa shape index (κ3) is 5.88. The molecule has 0 aliphatic heterocycles. The molecule has 4 rings (SSSR count). The fraction of sp³-hybridized carbons (Fsp3) is 0.607. The standard InChI is InChI=1S/C28H37NO6/c1-16-6-11-21-22(14-16)20-12-13-23(17(2)24(20)34-26(21)31)33-25(30)19-9-7-18(8-10-19)15-29-27(32)35-28(3,4)5/h12-13,16,18-19H,6-11,14-15H2,1-5H3,(H,29,32). The molecule has 1 saturated carbocycles. The lowest BCUT2D eigenvalue weighted by atomic mass is 9.82. The highest BCUT2D eigenvalue weighted by Gasteiger charge is 2.29. The van der Waals surface area contributed by atoms with Crippen molar-refractivity contribution in [2.24, 2.45) is 17.8 Å². The summed E-state index contributed by atoms with van der Waals surface area (Å²) in [6.07, 6.45) is 5.31. The number of alkyl carbamates (subject to hydrolysis) is 1. The largest absolute Gasteiger partial charge is 0.444 e. The van der Waals surface area contributed by atoms with Crippen LogP contribution in [-0.2, 0) is 22.4 Å². The van der Waals surface area contributed by atoms with Gasteiger partial charge in [-0.3, -0.25) is 4.79 Å². The third-order valence-corrected chi connectivity index (χ3v) is 7.25. The molecule has 1 unspecified atom stereocenters. The van der Waals surface area contributed by atoms with Crippen LogP contribution in [0.4, 0.5) is 4.79 Å². The van der Waals surface area contributed by atoms with Gasteiger partial charge in [0.2, 0.25) is 0 Å². The molecule has 1 amide bonds. The van der Waals surface area contributed by atoms with Crippen LogP contribution in [0.2, 0.25) is 0 Å². The van der Waals surface area contributed by atoms with Crippen molar-refractivity contribution in [2.45, 2.75) is 85.2 Å². The summed E-state index contributed by atoms with van der Waals surface area (Å²) in [4.78, 5) is 37.4. The molecule has 7 nitrogen and oxygen atoms in total. The van der Waals surface area contributed by atoms with E-state index in [0.717, 1.165) is 48.6 Å². The zero-order valence-corrected chi connectivity index (χ0v) is 21.5. The van der Waals surface area contributed by atoms with Crippen LogP contribution >= 0.6 is 0 Å². The molecule has 2 aliphatic rings. The molecule has 7 heteroatoms. The van der Waals surface area contributed by atoms with E-state index in [1.165, 1.54) is 0 Å². The molecular weight excluding hydrogens is 446 g/mol. The summed E-state index contributed by atoms with van der Waals surface area (Å²) >= 11 is 0. The van der Waals surface area contributed by atoms with Gasteiger partial charge in [0.05, 0.1) is 5.92 Å². The lowest BCUT2D eigenvalue weighted by molar-refractivity contribution is -0.140. The van der Waals surface area contributed by atoms with Crippen LogP contribution in [-0.4, -0.2) is 24.2 Å². The van der Waals surface area contributed by atoms with E-state index in [-0.39, 0.29) is 17.5 Å². The SMILES string of the molecule is Cc1c(OC(=O)C2CCC(CNC(=O)OC(C)(C)C)CC2)ccc2c3c(c(=O)oc12)CCC(C)C3. The van der Waals surface area contributed by atoms with Gasteiger partial charge in [0.1, 0.15) is 16.9 Å². The molecule has 1 atom stereocenters. The maximum Gasteiger partial charge on any atom is 0.407 e. The quantitative estimate of drug-likeness (QED) is 0.352. The number of esters is 1. The van der Waals surface area contributed by atoms with Gasteiger partial charge < -0.3 is 19.2 Å². The van der Waals surface area contributed by atoms with E-state index in [2.05, 4.69) is 12.2 Å². The van der Waals surface area contributed by atoms with E-state index < -0.39 is 11.7 Å². The first-order chi connectivity index (χ1) is 16.5. The smallest absolute Gasteiger partial charge is 0.407 e. The second kappa shape index (κ2) is 10.0. The van der Waals surface area contributed by atoms with E-state index >= 15 is 0 Å². The van der Waals surface area contributed by atoms with Crippen molar-refractivity contribution >= 4 is 23.0 Å². The van der Waals surface area contributed by atoms with Crippen LogP contribution in [0.25, 0.3) is 11.0 Å². The van der Waals surface area contributed by atoms with Gasteiger partial charge in [0.15, 0.2) is 0 Å². The Hall–Kier alpha value is -2.83. The first kappa shape index (κ1) is 25.3. The van der Waals surface area contributed by atoms with Crippen LogP contribution in [0.15, 0.2) is 21.3 Å². The second-order valence-electron chi connectivity index (χ2n) is 11.3. The predicted molar refractivity (Wildman–Crippen MR) is 134 cm³/mol. The molecule has 2 aromatic rings. The number of carbonyl (C=O) groups excluding carboxylic acids is 2. The minimum atomic E-state index is -0.521. The van der Waals surface area contributed by atoms with Gasteiger partial charge in [-0.25, -0.2) is 9.59 Å². The van der Waals surface area contributed by atoms with Gasteiger partial charge in [-0.15, -0.1) is 0 Å². The van der Waals surface area contributed by atoms with Crippen LogP contribution in [0, 0.1) is 24.7 Å². The molecule has 0 radical (unpaired) electrons. The zero-order valence-electron chi connectivity index (χ0n) is 21.5. The molecule has 1 N–H and O–H groups in total. The highest BCUT2D eigenvalue weighted by molar-refractivity contribution is 5.87. The Bertz CT molecular complexity index is 1170. The van der Waals surface area contributed by atoms with E-state index in [4.69, 9.17) is 13.9 Å². The Kier molecular flexibility index (Phi) is 7.25. The molecule has 1 fully saturated rings. The summed E-state index contributed by atoms with van der Waals surface area (Å²) in [5.74, 6) is 0.860.